The van der Waals surface area contributed by atoms with Crippen molar-refractivity contribution in [2.45, 2.75) is 52.2 Å². The molecule has 2 rings (SSSR count). The molecular formula is C15H26N2O. The molecule has 1 N–H and O–H groups in total. The van der Waals surface area contributed by atoms with Crippen molar-refractivity contribution in [1.29, 1.82) is 0 Å². The van der Waals surface area contributed by atoms with Crippen molar-refractivity contribution < 1.29 is 4.42 Å². The molecule has 0 amide bonds. The lowest BCUT2D eigenvalue weighted by Crippen LogP contribution is -2.35. The van der Waals surface area contributed by atoms with Gasteiger partial charge in [-0.3, -0.25) is 4.90 Å². The van der Waals surface area contributed by atoms with Gasteiger partial charge in [-0.2, -0.15) is 0 Å². The summed E-state index contributed by atoms with van der Waals surface area (Å²) in [5.74, 6) is 2.04. The Hall–Kier alpha value is -0.800. The van der Waals surface area contributed by atoms with Crippen molar-refractivity contribution in [3.63, 3.8) is 0 Å². The van der Waals surface area contributed by atoms with Gasteiger partial charge < -0.3 is 9.73 Å². The van der Waals surface area contributed by atoms with Gasteiger partial charge in [0.2, 0.25) is 0 Å². The maximum atomic E-state index is 5.62. The minimum Gasteiger partial charge on any atom is -0.468 e. The highest BCUT2D eigenvalue weighted by Gasteiger charge is 2.23. The Labute approximate surface area is 111 Å². The Kier molecular flexibility index (Phi) is 4.13. The smallest absolute Gasteiger partial charge is 0.122 e. The molecule has 1 saturated carbocycles. The topological polar surface area (TPSA) is 28.4 Å². The molecule has 1 aliphatic carbocycles. The van der Waals surface area contributed by atoms with Crippen molar-refractivity contribution in [3.05, 3.63) is 23.7 Å². The van der Waals surface area contributed by atoms with E-state index in [1.807, 2.05) is 0 Å². The van der Waals surface area contributed by atoms with Crippen molar-refractivity contribution >= 4 is 0 Å². The lowest BCUT2D eigenvalue weighted by atomic mass is 10.1. The molecule has 18 heavy (non-hydrogen) atoms. The van der Waals surface area contributed by atoms with Crippen LogP contribution in [0.4, 0.5) is 0 Å². The summed E-state index contributed by atoms with van der Waals surface area (Å²) in [4.78, 5) is 2.37. The van der Waals surface area contributed by atoms with Crippen LogP contribution in [0.1, 0.15) is 44.9 Å². The Morgan fingerprint density at radius 3 is 2.72 bits per heavy atom. The largest absolute Gasteiger partial charge is 0.468 e. The van der Waals surface area contributed by atoms with Crippen LogP contribution in [0.3, 0.4) is 0 Å². The average Bonchev–Trinajstić information content (AvgIpc) is 2.93. The highest BCUT2D eigenvalue weighted by molar-refractivity contribution is 5.17. The summed E-state index contributed by atoms with van der Waals surface area (Å²) < 4.78 is 5.62. The number of rotatable bonds is 6. The zero-order chi connectivity index (χ0) is 13.2. The Morgan fingerprint density at radius 1 is 1.39 bits per heavy atom. The Balaban J connectivity index is 1.86. The third-order valence-corrected chi connectivity index (χ3v) is 3.33. The molecule has 0 atom stereocenters. The van der Waals surface area contributed by atoms with E-state index in [0.717, 1.165) is 24.8 Å². The van der Waals surface area contributed by atoms with Crippen LogP contribution in [0.25, 0.3) is 0 Å². The average molecular weight is 250 g/mol. The molecular weight excluding hydrogens is 224 g/mol. The second kappa shape index (κ2) is 5.45. The zero-order valence-corrected chi connectivity index (χ0v) is 12.1. The summed E-state index contributed by atoms with van der Waals surface area (Å²) in [6, 6.07) is 2.08. The van der Waals surface area contributed by atoms with Crippen LogP contribution in [0, 0.1) is 5.92 Å². The van der Waals surface area contributed by atoms with E-state index in [1.165, 1.54) is 24.9 Å². The van der Waals surface area contributed by atoms with Gasteiger partial charge >= 0.3 is 0 Å². The van der Waals surface area contributed by atoms with Gasteiger partial charge in [0.25, 0.3) is 0 Å². The van der Waals surface area contributed by atoms with Crippen LogP contribution >= 0.6 is 0 Å². The molecule has 0 spiro atoms. The zero-order valence-electron chi connectivity index (χ0n) is 12.1. The van der Waals surface area contributed by atoms with Crippen LogP contribution in [-0.4, -0.2) is 24.0 Å². The van der Waals surface area contributed by atoms with Gasteiger partial charge in [-0.25, -0.2) is 0 Å². The Morgan fingerprint density at radius 2 is 2.11 bits per heavy atom. The van der Waals surface area contributed by atoms with Crippen molar-refractivity contribution in [2.24, 2.45) is 5.92 Å². The summed E-state index contributed by atoms with van der Waals surface area (Å²) in [7, 11) is 2.18. The van der Waals surface area contributed by atoms with E-state index in [4.69, 9.17) is 4.42 Å². The van der Waals surface area contributed by atoms with Gasteiger partial charge in [0.05, 0.1) is 12.8 Å². The molecule has 1 aromatic heterocycles. The predicted octanol–water partition coefficient (Wildman–Crippen LogP) is 3.01. The first kappa shape index (κ1) is 13.6. The van der Waals surface area contributed by atoms with Crippen molar-refractivity contribution in [2.75, 3.05) is 13.6 Å². The third kappa shape index (κ3) is 4.46. The summed E-state index contributed by atoms with van der Waals surface area (Å²) >= 11 is 0. The quantitative estimate of drug-likeness (QED) is 0.841. The van der Waals surface area contributed by atoms with E-state index in [2.05, 4.69) is 44.1 Å². The molecule has 0 radical (unpaired) electrons. The lowest BCUT2D eigenvalue weighted by Gasteiger charge is -2.21. The van der Waals surface area contributed by atoms with E-state index < -0.39 is 0 Å². The maximum Gasteiger partial charge on any atom is 0.122 e. The van der Waals surface area contributed by atoms with Crippen LogP contribution < -0.4 is 5.32 Å². The highest BCUT2D eigenvalue weighted by Crippen LogP contribution is 2.29. The minimum atomic E-state index is 0.147. The summed E-state index contributed by atoms with van der Waals surface area (Å²) in [6.45, 7) is 9.56. The molecule has 1 aliphatic rings. The third-order valence-electron chi connectivity index (χ3n) is 3.33. The van der Waals surface area contributed by atoms with E-state index >= 15 is 0 Å². The van der Waals surface area contributed by atoms with E-state index in [-0.39, 0.29) is 5.54 Å². The molecule has 0 aromatic carbocycles. The molecule has 0 saturated heterocycles. The molecule has 1 heterocycles. The fourth-order valence-electron chi connectivity index (χ4n) is 2.07. The van der Waals surface area contributed by atoms with Gasteiger partial charge in [-0.05, 0) is 52.6 Å². The molecule has 1 aromatic rings. The highest BCUT2D eigenvalue weighted by atomic mass is 16.3. The van der Waals surface area contributed by atoms with Crippen molar-refractivity contribution in [1.82, 2.24) is 10.2 Å². The minimum absolute atomic E-state index is 0.147. The number of furan rings is 1. The Bertz CT molecular complexity index is 374. The standard InChI is InChI=1S/C15H26N2O/c1-15(2,3)16-9-13-7-8-18-14(13)11-17(4)10-12-5-6-12/h7-8,12,16H,5-6,9-11H2,1-4H3. The molecule has 0 unspecified atom stereocenters. The maximum absolute atomic E-state index is 5.62. The van der Waals surface area contributed by atoms with Crippen molar-refractivity contribution in [3.8, 4) is 0 Å². The fraction of sp³-hybridized carbons (Fsp3) is 0.733. The number of hydrogen-bond acceptors (Lipinski definition) is 3. The summed E-state index contributed by atoms with van der Waals surface area (Å²) in [6.07, 6.45) is 4.61. The normalized spacial score (nSPS) is 16.5. The predicted molar refractivity (Wildman–Crippen MR) is 74.4 cm³/mol. The number of hydrogen-bond donors (Lipinski definition) is 1. The van der Waals surface area contributed by atoms with E-state index in [9.17, 15) is 0 Å². The molecule has 102 valence electrons. The molecule has 3 nitrogen and oxygen atoms in total. The van der Waals surface area contributed by atoms with Gasteiger partial charge in [-0.1, -0.05) is 0 Å². The van der Waals surface area contributed by atoms with Gasteiger partial charge in [-0.15, -0.1) is 0 Å². The monoisotopic (exact) mass is 250 g/mol. The second-order valence-corrected chi connectivity index (χ2v) is 6.61. The summed E-state index contributed by atoms with van der Waals surface area (Å²) in [5, 5.41) is 3.51. The fourth-order valence-corrected chi connectivity index (χ4v) is 2.07. The van der Waals surface area contributed by atoms with E-state index in [1.54, 1.807) is 6.26 Å². The SMILES string of the molecule is CN(Cc1occc1CNC(C)(C)C)CC1CC1. The summed E-state index contributed by atoms with van der Waals surface area (Å²) in [5.41, 5.74) is 1.43. The molecule has 0 bridgehead atoms. The number of nitrogens with one attached hydrogen (secondary N) is 1. The van der Waals surface area contributed by atoms with Crippen LogP contribution in [0.2, 0.25) is 0 Å². The second-order valence-electron chi connectivity index (χ2n) is 6.61. The van der Waals surface area contributed by atoms with Crippen LogP contribution in [-0.2, 0) is 13.1 Å². The molecule has 0 aliphatic heterocycles. The molecule has 3 heteroatoms. The lowest BCUT2D eigenvalue weighted by molar-refractivity contribution is 0.281. The van der Waals surface area contributed by atoms with Gasteiger partial charge in [0.15, 0.2) is 0 Å². The first-order valence-electron chi connectivity index (χ1n) is 6.93. The van der Waals surface area contributed by atoms with Crippen LogP contribution in [0.5, 0.6) is 0 Å². The van der Waals surface area contributed by atoms with E-state index in [0.29, 0.717) is 0 Å². The number of nitrogens with zero attached hydrogens (tertiary/aromatic N) is 1. The first-order valence-corrected chi connectivity index (χ1v) is 6.93. The van der Waals surface area contributed by atoms with Gasteiger partial charge in [0.1, 0.15) is 5.76 Å². The first-order chi connectivity index (χ1) is 8.44. The van der Waals surface area contributed by atoms with Crippen LogP contribution in [0.15, 0.2) is 16.7 Å². The molecule has 1 fully saturated rings. The van der Waals surface area contributed by atoms with Gasteiger partial charge in [0, 0.05) is 24.2 Å².